The van der Waals surface area contributed by atoms with Crippen LogP contribution in [0.15, 0.2) is 6.20 Å². The second-order valence-electron chi connectivity index (χ2n) is 5.39. The minimum atomic E-state index is 0.0607. The SMILES string of the molecule is CC1(C)CCC(c2ncc(CO)[nH]2)CC1. The number of hydrogen-bond donors (Lipinski definition) is 2. The minimum Gasteiger partial charge on any atom is -0.390 e. The second-order valence-corrected chi connectivity index (χ2v) is 5.39. The second kappa shape index (κ2) is 3.97. The average Bonchev–Trinajstić information content (AvgIpc) is 2.66. The predicted molar refractivity (Wildman–Crippen MR) is 59.5 cm³/mol. The molecule has 3 nitrogen and oxygen atoms in total. The maximum Gasteiger partial charge on any atom is 0.109 e. The molecule has 0 aliphatic heterocycles. The van der Waals surface area contributed by atoms with Crippen molar-refractivity contribution in [2.45, 2.75) is 52.1 Å². The van der Waals surface area contributed by atoms with Gasteiger partial charge in [0.15, 0.2) is 0 Å². The highest BCUT2D eigenvalue weighted by molar-refractivity contribution is 5.06. The summed E-state index contributed by atoms with van der Waals surface area (Å²) in [6.45, 7) is 4.74. The largest absolute Gasteiger partial charge is 0.390 e. The molecule has 1 heterocycles. The fourth-order valence-electron chi connectivity index (χ4n) is 2.34. The maximum absolute atomic E-state index is 8.96. The lowest BCUT2D eigenvalue weighted by molar-refractivity contribution is 0.221. The topological polar surface area (TPSA) is 48.9 Å². The Labute approximate surface area is 90.9 Å². The van der Waals surface area contributed by atoms with Crippen molar-refractivity contribution in [1.82, 2.24) is 9.97 Å². The average molecular weight is 208 g/mol. The van der Waals surface area contributed by atoms with Gasteiger partial charge in [-0.25, -0.2) is 4.98 Å². The number of imidazole rings is 1. The van der Waals surface area contributed by atoms with Gasteiger partial charge in [-0.05, 0) is 31.1 Å². The van der Waals surface area contributed by atoms with Crippen LogP contribution >= 0.6 is 0 Å². The van der Waals surface area contributed by atoms with Gasteiger partial charge in [-0.3, -0.25) is 0 Å². The van der Waals surface area contributed by atoms with Crippen molar-refractivity contribution in [2.24, 2.45) is 5.41 Å². The van der Waals surface area contributed by atoms with E-state index < -0.39 is 0 Å². The van der Waals surface area contributed by atoms with Crippen LogP contribution in [0.3, 0.4) is 0 Å². The first-order valence-corrected chi connectivity index (χ1v) is 5.75. The first-order valence-electron chi connectivity index (χ1n) is 5.75. The highest BCUT2D eigenvalue weighted by atomic mass is 16.3. The van der Waals surface area contributed by atoms with E-state index in [9.17, 15) is 0 Å². The number of aromatic nitrogens is 2. The lowest BCUT2D eigenvalue weighted by Crippen LogP contribution is -2.20. The number of aromatic amines is 1. The number of H-pyrrole nitrogens is 1. The van der Waals surface area contributed by atoms with Crippen LogP contribution in [0.4, 0.5) is 0 Å². The molecule has 3 heteroatoms. The quantitative estimate of drug-likeness (QED) is 0.784. The molecule has 0 amide bonds. The fourth-order valence-corrected chi connectivity index (χ4v) is 2.34. The molecule has 2 N–H and O–H groups in total. The summed E-state index contributed by atoms with van der Waals surface area (Å²) in [6.07, 6.45) is 6.71. The van der Waals surface area contributed by atoms with Crippen molar-refractivity contribution in [3.8, 4) is 0 Å². The molecule has 0 atom stereocenters. The summed E-state index contributed by atoms with van der Waals surface area (Å²) in [4.78, 5) is 7.54. The summed E-state index contributed by atoms with van der Waals surface area (Å²) in [6, 6.07) is 0. The van der Waals surface area contributed by atoms with Gasteiger partial charge < -0.3 is 10.1 Å². The third-order valence-corrected chi connectivity index (χ3v) is 3.54. The van der Waals surface area contributed by atoms with E-state index in [1.165, 1.54) is 25.7 Å². The number of rotatable bonds is 2. The van der Waals surface area contributed by atoms with Crippen LogP contribution < -0.4 is 0 Å². The highest BCUT2D eigenvalue weighted by Gasteiger charge is 2.28. The molecule has 2 rings (SSSR count). The van der Waals surface area contributed by atoms with Gasteiger partial charge in [-0.15, -0.1) is 0 Å². The summed E-state index contributed by atoms with van der Waals surface area (Å²) in [5, 5.41) is 8.96. The van der Waals surface area contributed by atoms with Crippen LogP contribution in [0.5, 0.6) is 0 Å². The van der Waals surface area contributed by atoms with E-state index in [2.05, 4.69) is 23.8 Å². The van der Waals surface area contributed by atoms with E-state index in [4.69, 9.17) is 5.11 Å². The summed E-state index contributed by atoms with van der Waals surface area (Å²) in [5.74, 6) is 1.63. The van der Waals surface area contributed by atoms with Gasteiger partial charge in [0.25, 0.3) is 0 Å². The monoisotopic (exact) mass is 208 g/mol. The van der Waals surface area contributed by atoms with Gasteiger partial charge >= 0.3 is 0 Å². The molecule has 0 spiro atoms. The van der Waals surface area contributed by atoms with E-state index >= 15 is 0 Å². The third-order valence-electron chi connectivity index (χ3n) is 3.54. The number of aliphatic hydroxyl groups excluding tert-OH is 1. The molecular formula is C12H20N2O. The Morgan fingerprint density at radius 2 is 2.13 bits per heavy atom. The Bertz CT molecular complexity index is 320. The van der Waals surface area contributed by atoms with Crippen LogP contribution in [-0.2, 0) is 6.61 Å². The molecule has 0 radical (unpaired) electrons. The standard InChI is InChI=1S/C12H20N2O/c1-12(2)5-3-9(4-6-12)11-13-7-10(8-15)14-11/h7,9,15H,3-6,8H2,1-2H3,(H,13,14). The molecule has 15 heavy (non-hydrogen) atoms. The Morgan fingerprint density at radius 1 is 1.47 bits per heavy atom. The molecule has 1 aromatic rings. The first kappa shape index (κ1) is 10.7. The lowest BCUT2D eigenvalue weighted by atomic mass is 9.73. The fraction of sp³-hybridized carbons (Fsp3) is 0.750. The summed E-state index contributed by atoms with van der Waals surface area (Å²) in [7, 11) is 0. The number of aliphatic hydroxyl groups is 1. The molecule has 0 unspecified atom stereocenters. The smallest absolute Gasteiger partial charge is 0.109 e. The van der Waals surface area contributed by atoms with E-state index in [1.807, 2.05) is 0 Å². The third kappa shape index (κ3) is 2.40. The molecular weight excluding hydrogens is 188 g/mol. The van der Waals surface area contributed by atoms with E-state index in [0.29, 0.717) is 11.3 Å². The Morgan fingerprint density at radius 3 is 2.67 bits per heavy atom. The molecule has 1 aliphatic carbocycles. The van der Waals surface area contributed by atoms with Crippen molar-refractivity contribution in [1.29, 1.82) is 0 Å². The van der Waals surface area contributed by atoms with Gasteiger partial charge in [0, 0.05) is 5.92 Å². The van der Waals surface area contributed by atoms with Crippen molar-refractivity contribution in [2.75, 3.05) is 0 Å². The normalized spacial score (nSPS) is 21.8. The molecule has 84 valence electrons. The van der Waals surface area contributed by atoms with Crippen molar-refractivity contribution in [3.63, 3.8) is 0 Å². The zero-order chi connectivity index (χ0) is 10.9. The first-order chi connectivity index (χ1) is 7.11. The van der Waals surface area contributed by atoms with Crippen molar-refractivity contribution < 1.29 is 5.11 Å². The van der Waals surface area contributed by atoms with Crippen LogP contribution in [-0.4, -0.2) is 15.1 Å². The van der Waals surface area contributed by atoms with Gasteiger partial charge in [0.05, 0.1) is 18.5 Å². The zero-order valence-electron chi connectivity index (χ0n) is 9.58. The molecule has 0 aromatic carbocycles. The molecule has 1 saturated carbocycles. The summed E-state index contributed by atoms with van der Waals surface area (Å²) < 4.78 is 0. The van der Waals surface area contributed by atoms with Gasteiger partial charge in [0.1, 0.15) is 5.82 Å². The Hall–Kier alpha value is -0.830. The van der Waals surface area contributed by atoms with E-state index in [-0.39, 0.29) is 6.61 Å². The Balaban J connectivity index is 2.01. The number of nitrogens with one attached hydrogen (secondary N) is 1. The van der Waals surface area contributed by atoms with Crippen LogP contribution in [0.25, 0.3) is 0 Å². The molecule has 0 bridgehead atoms. The van der Waals surface area contributed by atoms with Crippen LogP contribution in [0.1, 0.15) is 57.0 Å². The maximum atomic E-state index is 8.96. The molecule has 1 aromatic heterocycles. The van der Waals surface area contributed by atoms with Crippen molar-refractivity contribution >= 4 is 0 Å². The van der Waals surface area contributed by atoms with Gasteiger partial charge in [-0.1, -0.05) is 13.8 Å². The highest BCUT2D eigenvalue weighted by Crippen LogP contribution is 2.41. The Kier molecular flexibility index (Phi) is 2.83. The number of nitrogens with zero attached hydrogens (tertiary/aromatic N) is 1. The van der Waals surface area contributed by atoms with Crippen LogP contribution in [0.2, 0.25) is 0 Å². The van der Waals surface area contributed by atoms with Crippen LogP contribution in [0, 0.1) is 5.41 Å². The summed E-state index contributed by atoms with van der Waals surface area (Å²) in [5.41, 5.74) is 1.33. The lowest BCUT2D eigenvalue weighted by Gasteiger charge is -2.33. The van der Waals surface area contributed by atoms with Crippen molar-refractivity contribution in [3.05, 3.63) is 17.7 Å². The predicted octanol–water partition coefficient (Wildman–Crippen LogP) is 2.59. The molecule has 1 fully saturated rings. The minimum absolute atomic E-state index is 0.0607. The van der Waals surface area contributed by atoms with E-state index in [1.54, 1.807) is 6.20 Å². The van der Waals surface area contributed by atoms with Gasteiger partial charge in [0.2, 0.25) is 0 Å². The number of hydrogen-bond acceptors (Lipinski definition) is 2. The zero-order valence-corrected chi connectivity index (χ0v) is 9.58. The molecule has 1 aliphatic rings. The summed E-state index contributed by atoms with van der Waals surface area (Å²) >= 11 is 0. The molecule has 0 saturated heterocycles. The van der Waals surface area contributed by atoms with E-state index in [0.717, 1.165) is 11.5 Å². The van der Waals surface area contributed by atoms with Gasteiger partial charge in [-0.2, -0.15) is 0 Å².